The molecule has 5 N–H and O–H groups in total. The van der Waals surface area contributed by atoms with E-state index in [9.17, 15) is 19.5 Å². The van der Waals surface area contributed by atoms with Crippen LogP contribution in [0.2, 0.25) is 0 Å². The van der Waals surface area contributed by atoms with Crippen LogP contribution in [0.4, 0.5) is 0 Å². The molecular weight excluding hydrogens is 326 g/mol. The number of fused-ring (bicyclic) bond motifs is 2. The molecule has 0 radical (unpaired) electrons. The van der Waals surface area contributed by atoms with Gasteiger partial charge in [-0.15, -0.1) is 0 Å². The van der Waals surface area contributed by atoms with Gasteiger partial charge in [-0.05, 0) is 30.4 Å². The molecular formula is C17H19N3O5. The number of aryl methyl sites for hydroxylation is 1. The molecule has 1 aliphatic carbocycles. The molecule has 25 heavy (non-hydrogen) atoms. The molecule has 0 unspecified atom stereocenters. The first-order valence-corrected chi connectivity index (χ1v) is 7.93. The van der Waals surface area contributed by atoms with Gasteiger partial charge in [-0.2, -0.15) is 5.06 Å². The molecule has 0 fully saturated rings. The number of carbonyl (C=O) groups excluding carboxylic acids is 2. The molecule has 0 saturated heterocycles. The topological polar surface area (TPSA) is 136 Å². The van der Waals surface area contributed by atoms with E-state index in [1.165, 1.54) is 0 Å². The van der Waals surface area contributed by atoms with Crippen molar-refractivity contribution in [3.8, 4) is 0 Å². The molecule has 8 heteroatoms. The summed E-state index contributed by atoms with van der Waals surface area (Å²) in [6.45, 7) is 0.158. The van der Waals surface area contributed by atoms with E-state index in [-0.39, 0.29) is 13.0 Å². The molecule has 1 aliphatic heterocycles. The molecule has 1 atom stereocenters. The maximum Gasteiger partial charge on any atom is 0.333 e. The van der Waals surface area contributed by atoms with Gasteiger partial charge in [0, 0.05) is 12.0 Å². The zero-order valence-corrected chi connectivity index (χ0v) is 13.5. The molecule has 1 aromatic rings. The summed E-state index contributed by atoms with van der Waals surface area (Å²) in [6, 6.07) is 7.70. The Morgan fingerprint density at radius 1 is 1.24 bits per heavy atom. The van der Waals surface area contributed by atoms with Crippen LogP contribution in [0.1, 0.15) is 30.4 Å². The number of carbonyl (C=O) groups is 3. The van der Waals surface area contributed by atoms with Crippen molar-refractivity contribution in [2.45, 2.75) is 31.2 Å². The van der Waals surface area contributed by atoms with Gasteiger partial charge in [0.2, 0.25) is 5.91 Å². The smallest absolute Gasteiger partial charge is 0.333 e. The third-order valence-electron chi connectivity index (χ3n) is 4.57. The van der Waals surface area contributed by atoms with Crippen molar-refractivity contribution in [2.24, 2.45) is 11.5 Å². The summed E-state index contributed by atoms with van der Waals surface area (Å²) in [4.78, 5) is 40.9. The van der Waals surface area contributed by atoms with Crippen LogP contribution in [0.15, 0.2) is 29.8 Å². The highest BCUT2D eigenvalue weighted by molar-refractivity contribution is 6.06. The predicted octanol–water partition coefficient (Wildman–Crippen LogP) is 0.165. The van der Waals surface area contributed by atoms with Gasteiger partial charge in [0.15, 0.2) is 11.3 Å². The number of nitrogens with two attached hydrogens (primary N) is 2. The summed E-state index contributed by atoms with van der Waals surface area (Å²) in [6.07, 6.45) is 0.854. The molecule has 0 saturated carbocycles. The first-order chi connectivity index (χ1) is 11.8. The highest BCUT2D eigenvalue weighted by atomic mass is 16.7. The van der Waals surface area contributed by atoms with E-state index in [2.05, 4.69) is 0 Å². The Bertz CT molecular complexity index is 788. The van der Waals surface area contributed by atoms with Crippen LogP contribution in [0.25, 0.3) is 5.76 Å². The molecule has 3 rings (SSSR count). The van der Waals surface area contributed by atoms with E-state index in [0.29, 0.717) is 5.76 Å². The molecule has 0 spiro atoms. The van der Waals surface area contributed by atoms with Crippen LogP contribution in [0, 0.1) is 0 Å². The predicted molar refractivity (Wildman–Crippen MR) is 87.5 cm³/mol. The Labute approximate surface area is 144 Å². The monoisotopic (exact) mass is 345 g/mol. The molecule has 132 valence electrons. The van der Waals surface area contributed by atoms with Gasteiger partial charge >= 0.3 is 5.97 Å². The zero-order valence-electron chi connectivity index (χ0n) is 13.5. The third kappa shape index (κ3) is 2.96. The van der Waals surface area contributed by atoms with E-state index in [1.807, 2.05) is 24.3 Å². The first kappa shape index (κ1) is 17.0. The van der Waals surface area contributed by atoms with E-state index in [1.54, 1.807) is 0 Å². The van der Waals surface area contributed by atoms with Crippen molar-refractivity contribution in [2.75, 3.05) is 6.54 Å². The van der Waals surface area contributed by atoms with E-state index < -0.39 is 29.7 Å². The van der Waals surface area contributed by atoms with Crippen LogP contribution in [-0.2, 0) is 25.6 Å². The van der Waals surface area contributed by atoms with Crippen LogP contribution in [0.3, 0.4) is 0 Å². The average Bonchev–Trinajstić information content (AvgIpc) is 3.03. The number of hydroxylamine groups is 2. The fraction of sp³-hybridized carbons (Fsp3) is 0.353. The summed E-state index contributed by atoms with van der Waals surface area (Å²) >= 11 is 0. The Morgan fingerprint density at radius 2 is 1.96 bits per heavy atom. The SMILES string of the molecule is NC(=O)CC[C@](N)(C(=O)O)C(=O)N1CC2=C(O1)c1ccccc1CC2. The lowest BCUT2D eigenvalue weighted by Crippen LogP contribution is -2.60. The molecule has 0 bridgehead atoms. The van der Waals surface area contributed by atoms with Crippen molar-refractivity contribution < 1.29 is 24.3 Å². The lowest BCUT2D eigenvalue weighted by atomic mass is 9.90. The van der Waals surface area contributed by atoms with Gasteiger partial charge in [-0.1, -0.05) is 24.3 Å². The van der Waals surface area contributed by atoms with E-state index in [0.717, 1.165) is 34.6 Å². The Balaban J connectivity index is 1.81. The maximum atomic E-state index is 12.7. The minimum atomic E-state index is -2.26. The second-order valence-corrected chi connectivity index (χ2v) is 6.27. The number of hydrogen-bond acceptors (Lipinski definition) is 5. The van der Waals surface area contributed by atoms with E-state index >= 15 is 0 Å². The van der Waals surface area contributed by atoms with Gasteiger partial charge in [-0.3, -0.25) is 9.59 Å². The molecule has 8 nitrogen and oxygen atoms in total. The van der Waals surface area contributed by atoms with Gasteiger partial charge in [0.1, 0.15) is 0 Å². The largest absolute Gasteiger partial charge is 0.479 e. The van der Waals surface area contributed by atoms with Gasteiger partial charge in [0.05, 0.1) is 6.54 Å². The van der Waals surface area contributed by atoms with Crippen molar-refractivity contribution in [3.05, 3.63) is 41.0 Å². The quantitative estimate of drug-likeness (QED) is 0.651. The Morgan fingerprint density at radius 3 is 2.64 bits per heavy atom. The molecule has 1 aromatic carbocycles. The van der Waals surface area contributed by atoms with Crippen LogP contribution < -0.4 is 11.5 Å². The molecule has 1 heterocycles. The standard InChI is InChI=1S/C17H19N3O5/c18-13(21)7-8-17(19,16(23)24)15(22)20-9-11-6-5-10-3-1-2-4-12(10)14(11)25-20/h1-4H,5-9,19H2,(H2,18,21)(H,23,24)/t17-/m1/s1. The minimum Gasteiger partial charge on any atom is -0.479 e. The Kier molecular flexibility index (Phi) is 4.22. The molecule has 2 aliphatic rings. The van der Waals surface area contributed by atoms with Crippen LogP contribution >= 0.6 is 0 Å². The highest BCUT2D eigenvalue weighted by Gasteiger charge is 2.48. The molecule has 2 amide bonds. The summed E-state index contributed by atoms with van der Waals surface area (Å²) in [7, 11) is 0. The number of rotatable bonds is 5. The van der Waals surface area contributed by atoms with Crippen molar-refractivity contribution in [1.29, 1.82) is 0 Å². The van der Waals surface area contributed by atoms with Gasteiger partial charge in [-0.25, -0.2) is 4.79 Å². The third-order valence-corrected chi connectivity index (χ3v) is 4.57. The van der Waals surface area contributed by atoms with Crippen molar-refractivity contribution in [3.63, 3.8) is 0 Å². The number of nitrogens with zero attached hydrogens (tertiary/aromatic N) is 1. The van der Waals surface area contributed by atoms with Gasteiger partial charge < -0.3 is 21.4 Å². The van der Waals surface area contributed by atoms with E-state index in [4.69, 9.17) is 16.3 Å². The second kappa shape index (κ2) is 6.21. The van der Waals surface area contributed by atoms with Crippen LogP contribution in [-0.4, -0.2) is 40.0 Å². The summed E-state index contributed by atoms with van der Waals surface area (Å²) in [5.41, 5.74) is 11.5. The number of primary amides is 1. The first-order valence-electron chi connectivity index (χ1n) is 7.93. The van der Waals surface area contributed by atoms with Crippen LogP contribution in [0.5, 0.6) is 0 Å². The van der Waals surface area contributed by atoms with Crippen molar-refractivity contribution in [1.82, 2.24) is 5.06 Å². The average molecular weight is 345 g/mol. The number of benzene rings is 1. The number of aliphatic carboxylic acids is 1. The summed E-state index contributed by atoms with van der Waals surface area (Å²) in [5, 5.41) is 10.4. The minimum absolute atomic E-state index is 0.158. The highest BCUT2D eigenvalue weighted by Crippen LogP contribution is 2.38. The zero-order chi connectivity index (χ0) is 18.2. The Hall–Kier alpha value is -2.87. The van der Waals surface area contributed by atoms with Crippen molar-refractivity contribution >= 4 is 23.5 Å². The number of carboxylic acid groups (broad SMARTS) is 1. The fourth-order valence-corrected chi connectivity index (χ4v) is 3.09. The fourth-order valence-electron chi connectivity index (χ4n) is 3.09. The number of carboxylic acids is 1. The number of hydrogen-bond donors (Lipinski definition) is 3. The maximum absolute atomic E-state index is 12.7. The summed E-state index contributed by atoms with van der Waals surface area (Å²) in [5.74, 6) is -2.56. The second-order valence-electron chi connectivity index (χ2n) is 6.27. The number of amides is 2. The normalized spacial score (nSPS) is 18.0. The molecule has 0 aromatic heterocycles. The lowest BCUT2D eigenvalue weighted by molar-refractivity contribution is -0.171. The van der Waals surface area contributed by atoms with Gasteiger partial charge in [0.25, 0.3) is 5.91 Å². The lowest BCUT2D eigenvalue weighted by Gasteiger charge is -2.27. The summed E-state index contributed by atoms with van der Waals surface area (Å²) < 4.78 is 0.